The molecule has 2 N–H and O–H groups in total. The summed E-state index contributed by atoms with van der Waals surface area (Å²) in [5.74, 6) is -0.368. The van der Waals surface area contributed by atoms with E-state index < -0.39 is 0 Å². The predicted molar refractivity (Wildman–Crippen MR) is 126 cm³/mol. The fourth-order valence-corrected chi connectivity index (χ4v) is 4.29. The third-order valence-corrected chi connectivity index (χ3v) is 6.16. The molecule has 158 valence electrons. The van der Waals surface area contributed by atoms with Crippen molar-refractivity contribution in [3.63, 3.8) is 0 Å². The van der Waals surface area contributed by atoms with E-state index in [1.807, 2.05) is 80.9 Å². The van der Waals surface area contributed by atoms with Crippen molar-refractivity contribution in [2.75, 3.05) is 10.6 Å². The number of nitrogens with zero attached hydrogens (tertiary/aromatic N) is 2. The van der Waals surface area contributed by atoms with E-state index in [0.717, 1.165) is 27.2 Å². The minimum absolute atomic E-state index is 0.0634. The van der Waals surface area contributed by atoms with Crippen LogP contribution in [0.3, 0.4) is 0 Å². The van der Waals surface area contributed by atoms with Gasteiger partial charge in [-0.05, 0) is 49.7 Å². The summed E-state index contributed by atoms with van der Waals surface area (Å²) in [7, 11) is 0. The Morgan fingerprint density at radius 1 is 1.00 bits per heavy atom. The van der Waals surface area contributed by atoms with Crippen molar-refractivity contribution >= 4 is 44.7 Å². The molecule has 4 rings (SSSR count). The summed E-state index contributed by atoms with van der Waals surface area (Å²) in [5, 5.41) is 11.5. The zero-order chi connectivity index (χ0) is 22.1. The first-order valence-corrected chi connectivity index (χ1v) is 10.9. The molecule has 0 saturated carbocycles. The minimum Gasteiger partial charge on any atom is -0.326 e. The highest BCUT2D eigenvalue weighted by atomic mass is 32.1. The highest BCUT2D eigenvalue weighted by Gasteiger charge is 2.18. The van der Waals surface area contributed by atoms with Crippen LogP contribution in [0, 0.1) is 19.8 Å². The van der Waals surface area contributed by atoms with Gasteiger partial charge in [0.15, 0.2) is 0 Å². The van der Waals surface area contributed by atoms with Crippen LogP contribution in [-0.2, 0) is 4.79 Å². The van der Waals surface area contributed by atoms with Crippen LogP contribution >= 0.6 is 11.3 Å². The second-order valence-corrected chi connectivity index (χ2v) is 8.82. The van der Waals surface area contributed by atoms with Crippen molar-refractivity contribution < 1.29 is 9.59 Å². The number of para-hydroxylation sites is 1. The van der Waals surface area contributed by atoms with E-state index in [0.29, 0.717) is 16.3 Å². The van der Waals surface area contributed by atoms with Crippen LogP contribution in [0.2, 0.25) is 0 Å². The maximum Gasteiger partial charge on any atom is 0.265 e. The second-order valence-electron chi connectivity index (χ2n) is 7.79. The molecule has 7 heteroatoms. The average Bonchev–Trinajstić information content (AvgIpc) is 3.32. The van der Waals surface area contributed by atoms with Gasteiger partial charge in [0.25, 0.3) is 5.91 Å². The lowest BCUT2D eigenvalue weighted by molar-refractivity contribution is -0.118. The number of hydrogen-bond acceptors (Lipinski definition) is 4. The molecule has 0 aliphatic rings. The maximum absolute atomic E-state index is 13.0. The van der Waals surface area contributed by atoms with E-state index in [1.54, 1.807) is 6.07 Å². The van der Waals surface area contributed by atoms with Gasteiger partial charge in [0, 0.05) is 22.7 Å². The third-order valence-electron chi connectivity index (χ3n) is 5.05. The van der Waals surface area contributed by atoms with Crippen molar-refractivity contribution in [1.82, 2.24) is 9.78 Å². The summed E-state index contributed by atoms with van der Waals surface area (Å²) in [6.45, 7) is 7.55. The number of rotatable bonds is 5. The van der Waals surface area contributed by atoms with Crippen molar-refractivity contribution in [3.05, 3.63) is 70.7 Å². The lowest BCUT2D eigenvalue weighted by Gasteiger charge is -2.12. The van der Waals surface area contributed by atoms with Gasteiger partial charge >= 0.3 is 0 Å². The normalized spacial score (nSPS) is 11.1. The van der Waals surface area contributed by atoms with Crippen LogP contribution in [0.25, 0.3) is 15.9 Å². The second kappa shape index (κ2) is 8.35. The van der Waals surface area contributed by atoms with E-state index >= 15 is 0 Å². The van der Waals surface area contributed by atoms with Gasteiger partial charge in [-0.2, -0.15) is 5.10 Å². The standard InChI is InChI=1S/C24H24N4O2S/c1-14(2)22(29)25-17-11-10-15(3)20(12-17)26-23(30)21-13-19-16(4)27-28(24(19)31-21)18-8-6-5-7-9-18/h5-14H,1-4H3,(H,25,29)(H,26,30). The fourth-order valence-electron chi connectivity index (χ4n) is 3.21. The van der Waals surface area contributed by atoms with Crippen LogP contribution in [0.5, 0.6) is 0 Å². The summed E-state index contributed by atoms with van der Waals surface area (Å²) in [6, 6.07) is 17.3. The van der Waals surface area contributed by atoms with E-state index in [9.17, 15) is 9.59 Å². The average molecular weight is 433 g/mol. The number of benzene rings is 2. The minimum atomic E-state index is -0.185. The highest BCUT2D eigenvalue weighted by molar-refractivity contribution is 7.20. The number of aromatic nitrogens is 2. The number of amides is 2. The number of carbonyl (C=O) groups excluding carboxylic acids is 2. The molecular weight excluding hydrogens is 408 g/mol. The molecule has 0 aliphatic heterocycles. The molecule has 0 radical (unpaired) electrons. The largest absolute Gasteiger partial charge is 0.326 e. The van der Waals surface area contributed by atoms with Gasteiger partial charge in [-0.1, -0.05) is 38.1 Å². The summed E-state index contributed by atoms with van der Waals surface area (Å²) >= 11 is 1.41. The summed E-state index contributed by atoms with van der Waals surface area (Å²) < 4.78 is 1.87. The topological polar surface area (TPSA) is 76.0 Å². The Morgan fingerprint density at radius 2 is 1.74 bits per heavy atom. The zero-order valence-electron chi connectivity index (χ0n) is 17.9. The van der Waals surface area contributed by atoms with Crippen LogP contribution < -0.4 is 10.6 Å². The first-order chi connectivity index (χ1) is 14.8. The quantitative estimate of drug-likeness (QED) is 0.434. The first-order valence-electron chi connectivity index (χ1n) is 10.1. The monoisotopic (exact) mass is 432 g/mol. The zero-order valence-corrected chi connectivity index (χ0v) is 18.7. The number of carbonyl (C=O) groups is 2. The molecule has 4 aromatic rings. The highest BCUT2D eigenvalue weighted by Crippen LogP contribution is 2.31. The van der Waals surface area contributed by atoms with Crippen LogP contribution in [-0.4, -0.2) is 21.6 Å². The molecule has 0 bridgehead atoms. The Hall–Kier alpha value is -3.45. The number of anilines is 2. The molecule has 31 heavy (non-hydrogen) atoms. The number of fused-ring (bicyclic) bond motifs is 1. The van der Waals surface area contributed by atoms with Crippen molar-refractivity contribution in [2.24, 2.45) is 5.92 Å². The summed E-state index contributed by atoms with van der Waals surface area (Å²) in [5.41, 5.74) is 4.09. The first kappa shape index (κ1) is 20.8. The molecule has 0 fully saturated rings. The van der Waals surface area contributed by atoms with Crippen LogP contribution in [0.1, 0.15) is 34.8 Å². The molecule has 0 atom stereocenters. The third kappa shape index (κ3) is 4.22. The van der Waals surface area contributed by atoms with Gasteiger partial charge in [-0.3, -0.25) is 9.59 Å². The molecule has 0 aliphatic carbocycles. The SMILES string of the molecule is Cc1ccc(NC(=O)C(C)C)cc1NC(=O)c1cc2c(C)nn(-c3ccccc3)c2s1. The molecule has 2 amide bonds. The number of thiophene rings is 1. The lowest BCUT2D eigenvalue weighted by atomic mass is 10.1. The maximum atomic E-state index is 13.0. The molecule has 6 nitrogen and oxygen atoms in total. The van der Waals surface area contributed by atoms with E-state index in [1.165, 1.54) is 11.3 Å². The van der Waals surface area contributed by atoms with Crippen molar-refractivity contribution in [3.8, 4) is 5.69 Å². The Kier molecular flexibility index (Phi) is 5.61. The Morgan fingerprint density at radius 3 is 2.45 bits per heavy atom. The molecule has 0 saturated heterocycles. The fraction of sp³-hybridized carbons (Fsp3) is 0.208. The Labute approximate surface area is 184 Å². The smallest absolute Gasteiger partial charge is 0.265 e. The van der Waals surface area contributed by atoms with E-state index in [-0.39, 0.29) is 17.7 Å². The van der Waals surface area contributed by atoms with Crippen molar-refractivity contribution in [2.45, 2.75) is 27.7 Å². The molecule has 0 spiro atoms. The van der Waals surface area contributed by atoms with Gasteiger partial charge in [-0.25, -0.2) is 4.68 Å². The van der Waals surface area contributed by atoms with E-state index in [4.69, 9.17) is 0 Å². The van der Waals surface area contributed by atoms with Crippen molar-refractivity contribution in [1.29, 1.82) is 0 Å². The van der Waals surface area contributed by atoms with Gasteiger partial charge in [-0.15, -0.1) is 11.3 Å². The summed E-state index contributed by atoms with van der Waals surface area (Å²) in [6.07, 6.45) is 0. The number of nitrogens with one attached hydrogen (secondary N) is 2. The molecular formula is C24H24N4O2S. The predicted octanol–water partition coefficient (Wildman–Crippen LogP) is 5.55. The number of hydrogen-bond donors (Lipinski definition) is 2. The summed E-state index contributed by atoms with van der Waals surface area (Å²) in [4.78, 5) is 26.6. The van der Waals surface area contributed by atoms with Crippen LogP contribution in [0.15, 0.2) is 54.6 Å². The van der Waals surface area contributed by atoms with Gasteiger partial charge < -0.3 is 10.6 Å². The molecule has 2 aromatic heterocycles. The van der Waals surface area contributed by atoms with Gasteiger partial charge in [0.05, 0.1) is 16.3 Å². The molecule has 0 unspecified atom stereocenters. The van der Waals surface area contributed by atoms with E-state index in [2.05, 4.69) is 15.7 Å². The Balaban J connectivity index is 1.61. The number of aryl methyl sites for hydroxylation is 2. The van der Waals surface area contributed by atoms with Gasteiger partial charge in [0.1, 0.15) is 4.83 Å². The lowest BCUT2D eigenvalue weighted by Crippen LogP contribution is -2.18. The Bertz CT molecular complexity index is 1270. The molecule has 2 aromatic carbocycles. The van der Waals surface area contributed by atoms with Gasteiger partial charge in [0.2, 0.25) is 5.91 Å². The molecule has 2 heterocycles. The van der Waals surface area contributed by atoms with Crippen LogP contribution in [0.4, 0.5) is 11.4 Å².